The molecular formula is C30H31N3O5. The average Bonchev–Trinajstić information content (AvgIpc) is 3.30. The predicted molar refractivity (Wildman–Crippen MR) is 146 cm³/mol. The molecule has 0 bridgehead atoms. The van der Waals surface area contributed by atoms with Gasteiger partial charge in [-0.1, -0.05) is 73.7 Å². The third kappa shape index (κ3) is 5.86. The summed E-state index contributed by atoms with van der Waals surface area (Å²) in [6.07, 6.45) is 0.102. The number of alkyl carbamates (subject to hydrolysis) is 1. The van der Waals surface area contributed by atoms with E-state index in [0.717, 1.165) is 34.0 Å². The highest BCUT2D eigenvalue weighted by Crippen LogP contribution is 2.33. The van der Waals surface area contributed by atoms with Crippen molar-refractivity contribution in [2.45, 2.75) is 26.0 Å². The van der Waals surface area contributed by atoms with Gasteiger partial charge in [-0.2, -0.15) is 0 Å². The second-order valence-corrected chi connectivity index (χ2v) is 8.83. The Balaban J connectivity index is 1.49. The normalized spacial score (nSPS) is 11.6. The molecule has 0 saturated carbocycles. The highest BCUT2D eigenvalue weighted by Gasteiger charge is 2.24. The Labute approximate surface area is 221 Å². The van der Waals surface area contributed by atoms with Crippen LogP contribution in [0.3, 0.4) is 0 Å². The minimum absolute atomic E-state index is 0.0480. The van der Waals surface area contributed by atoms with Crippen molar-refractivity contribution >= 4 is 28.9 Å². The van der Waals surface area contributed by atoms with Crippen LogP contribution < -0.4 is 10.6 Å². The van der Waals surface area contributed by atoms with Crippen LogP contribution in [0.4, 0.5) is 4.79 Å². The van der Waals surface area contributed by atoms with Gasteiger partial charge in [0.25, 0.3) is 5.91 Å². The van der Waals surface area contributed by atoms with Crippen molar-refractivity contribution in [3.63, 3.8) is 0 Å². The van der Waals surface area contributed by atoms with E-state index in [1.54, 1.807) is 0 Å². The molecular weight excluding hydrogens is 482 g/mol. The van der Waals surface area contributed by atoms with E-state index in [1.165, 1.54) is 12.7 Å². The third-order valence-electron chi connectivity index (χ3n) is 6.47. The Kier molecular flexibility index (Phi) is 8.43. The minimum Gasteiger partial charge on any atom is -0.467 e. The maximum absolute atomic E-state index is 13.2. The minimum atomic E-state index is -1.12. The van der Waals surface area contributed by atoms with E-state index < -0.39 is 18.1 Å². The third-order valence-corrected chi connectivity index (χ3v) is 6.47. The zero-order valence-electron chi connectivity index (χ0n) is 21.7. The molecule has 0 aliphatic heterocycles. The number of amides is 2. The molecule has 1 unspecified atom stereocenters. The Morgan fingerprint density at radius 1 is 0.921 bits per heavy atom. The molecule has 1 heterocycles. The van der Waals surface area contributed by atoms with Crippen LogP contribution in [0.1, 0.15) is 28.5 Å². The van der Waals surface area contributed by atoms with Crippen molar-refractivity contribution in [2.75, 3.05) is 13.7 Å². The lowest BCUT2D eigenvalue weighted by Gasteiger charge is -2.17. The van der Waals surface area contributed by atoms with Gasteiger partial charge in [0.05, 0.1) is 7.11 Å². The van der Waals surface area contributed by atoms with Gasteiger partial charge >= 0.3 is 12.1 Å². The van der Waals surface area contributed by atoms with Crippen molar-refractivity contribution in [2.24, 2.45) is 7.05 Å². The van der Waals surface area contributed by atoms with Crippen molar-refractivity contribution in [1.82, 2.24) is 15.2 Å². The number of hydrogen-bond acceptors (Lipinski definition) is 5. The summed E-state index contributed by atoms with van der Waals surface area (Å²) < 4.78 is 11.8. The highest BCUT2D eigenvalue weighted by atomic mass is 16.6. The van der Waals surface area contributed by atoms with Gasteiger partial charge in [-0.15, -0.1) is 0 Å². The van der Waals surface area contributed by atoms with Gasteiger partial charge in [0, 0.05) is 24.5 Å². The average molecular weight is 514 g/mol. The number of carbonyl (C=O) groups is 3. The number of benzene rings is 3. The molecule has 1 aromatic heterocycles. The highest BCUT2D eigenvalue weighted by molar-refractivity contribution is 6.04. The van der Waals surface area contributed by atoms with E-state index in [4.69, 9.17) is 9.47 Å². The number of nitrogens with one attached hydrogen (secondary N) is 2. The predicted octanol–water partition coefficient (Wildman–Crippen LogP) is 4.61. The van der Waals surface area contributed by atoms with Crippen LogP contribution >= 0.6 is 0 Å². The van der Waals surface area contributed by atoms with Gasteiger partial charge in [0.2, 0.25) is 0 Å². The molecule has 38 heavy (non-hydrogen) atoms. The molecule has 1 atom stereocenters. The lowest BCUT2D eigenvalue weighted by molar-refractivity contribution is -0.142. The summed E-state index contributed by atoms with van der Waals surface area (Å²) in [5.74, 6) is -1.08. The van der Waals surface area contributed by atoms with Gasteiger partial charge in [0.1, 0.15) is 18.3 Å². The molecule has 2 N–H and O–H groups in total. The monoisotopic (exact) mass is 513 g/mol. The number of aryl methyl sites for hydroxylation is 2. The smallest absolute Gasteiger partial charge is 0.408 e. The fourth-order valence-electron chi connectivity index (χ4n) is 4.43. The van der Waals surface area contributed by atoms with Gasteiger partial charge in [-0.3, -0.25) is 4.79 Å². The van der Waals surface area contributed by atoms with Gasteiger partial charge < -0.3 is 24.7 Å². The summed E-state index contributed by atoms with van der Waals surface area (Å²) in [4.78, 5) is 37.8. The summed E-state index contributed by atoms with van der Waals surface area (Å²) in [5.41, 5.74) is 5.54. The fraction of sp³-hybridized carbons (Fsp3) is 0.233. The standard InChI is InChI=1S/C30H31N3O5/c1-4-21-13-8-9-14-22(21)23-15-10-16-26-24(23)17-27(33(26)2)28(34)31-18-25(29(35)37-3)32-30(36)38-19-20-11-6-5-7-12-20/h5-17,25H,4,18-19H2,1-3H3,(H,31,34)(H,32,36). The topological polar surface area (TPSA) is 98.7 Å². The molecule has 0 aliphatic rings. The molecule has 0 fully saturated rings. The summed E-state index contributed by atoms with van der Waals surface area (Å²) in [7, 11) is 3.04. The number of aromatic nitrogens is 1. The Morgan fingerprint density at radius 2 is 1.63 bits per heavy atom. The molecule has 196 valence electrons. The van der Waals surface area contributed by atoms with Gasteiger partial charge in [-0.05, 0) is 40.8 Å². The number of carbonyl (C=O) groups excluding carboxylic acids is 3. The number of fused-ring (bicyclic) bond motifs is 1. The van der Waals surface area contributed by atoms with E-state index in [0.29, 0.717) is 5.69 Å². The number of nitrogens with zero attached hydrogens (tertiary/aromatic N) is 1. The molecule has 0 radical (unpaired) electrons. The molecule has 0 spiro atoms. The van der Waals surface area contributed by atoms with E-state index in [-0.39, 0.29) is 19.1 Å². The fourth-order valence-corrected chi connectivity index (χ4v) is 4.43. The van der Waals surface area contributed by atoms with Crippen LogP contribution in [-0.2, 0) is 34.3 Å². The quantitative estimate of drug-likeness (QED) is 0.319. The van der Waals surface area contributed by atoms with Crippen LogP contribution in [0.2, 0.25) is 0 Å². The van der Waals surface area contributed by atoms with Crippen LogP contribution in [0.25, 0.3) is 22.0 Å². The molecule has 3 aromatic carbocycles. The molecule has 0 aliphatic carbocycles. The molecule has 4 rings (SSSR count). The molecule has 8 heteroatoms. The maximum atomic E-state index is 13.2. The Hall–Kier alpha value is -4.59. The summed E-state index contributed by atoms with van der Waals surface area (Å²) >= 11 is 0. The Bertz CT molecular complexity index is 1450. The van der Waals surface area contributed by atoms with Crippen LogP contribution in [-0.4, -0.2) is 42.2 Å². The van der Waals surface area contributed by atoms with E-state index >= 15 is 0 Å². The molecule has 8 nitrogen and oxygen atoms in total. The number of ether oxygens (including phenoxy) is 2. The number of rotatable bonds is 9. The summed E-state index contributed by atoms with van der Waals surface area (Å²) in [6, 6.07) is 24.1. The SMILES string of the molecule is CCc1ccccc1-c1cccc2c1cc(C(=O)NCC(NC(=O)OCc1ccccc1)C(=O)OC)n2C. The van der Waals surface area contributed by atoms with Crippen LogP contribution in [0.15, 0.2) is 78.9 Å². The molecule has 2 amide bonds. The van der Waals surface area contributed by atoms with E-state index in [9.17, 15) is 14.4 Å². The summed E-state index contributed by atoms with van der Waals surface area (Å²) in [6.45, 7) is 2.00. The van der Waals surface area contributed by atoms with Gasteiger partial charge in [-0.25, -0.2) is 9.59 Å². The Morgan fingerprint density at radius 3 is 2.37 bits per heavy atom. The number of methoxy groups -OCH3 is 1. The number of hydrogen-bond donors (Lipinski definition) is 2. The van der Waals surface area contributed by atoms with Crippen molar-refractivity contribution < 1.29 is 23.9 Å². The van der Waals surface area contributed by atoms with E-state index in [1.807, 2.05) is 72.3 Å². The van der Waals surface area contributed by atoms with Crippen molar-refractivity contribution in [3.8, 4) is 11.1 Å². The molecule has 4 aromatic rings. The van der Waals surface area contributed by atoms with Crippen molar-refractivity contribution in [3.05, 3.63) is 95.7 Å². The first-order chi connectivity index (χ1) is 18.4. The first kappa shape index (κ1) is 26.5. The van der Waals surface area contributed by atoms with E-state index in [2.05, 4.69) is 35.8 Å². The zero-order valence-corrected chi connectivity index (χ0v) is 21.7. The first-order valence-electron chi connectivity index (χ1n) is 12.4. The van der Waals surface area contributed by atoms with Gasteiger partial charge in [0.15, 0.2) is 0 Å². The second-order valence-electron chi connectivity index (χ2n) is 8.83. The molecule has 0 saturated heterocycles. The first-order valence-corrected chi connectivity index (χ1v) is 12.4. The zero-order chi connectivity index (χ0) is 27.1. The number of esters is 1. The largest absolute Gasteiger partial charge is 0.467 e. The second kappa shape index (κ2) is 12.1. The summed E-state index contributed by atoms with van der Waals surface area (Å²) in [5, 5.41) is 6.17. The lowest BCUT2D eigenvalue weighted by Crippen LogP contribution is -2.49. The van der Waals surface area contributed by atoms with Crippen molar-refractivity contribution in [1.29, 1.82) is 0 Å². The maximum Gasteiger partial charge on any atom is 0.408 e. The lowest BCUT2D eigenvalue weighted by atomic mass is 9.95. The van der Waals surface area contributed by atoms with Crippen LogP contribution in [0, 0.1) is 0 Å². The van der Waals surface area contributed by atoms with Crippen LogP contribution in [0.5, 0.6) is 0 Å².